The maximum absolute atomic E-state index is 12.3. The zero-order chi connectivity index (χ0) is 24.9. The number of anilines is 3. The SMILES string of the molecule is Cc1cc([N+](=O)[O-])ccc1NC(=O)NC[C@H]1CC[C@@H](Nc2nc(N(C)C)c3ccccc3n2)CC1. The smallest absolute Gasteiger partial charge is 0.319 e. The third kappa shape index (κ3) is 5.95. The number of nitro groups is 1. The van der Waals surface area contributed by atoms with Crippen molar-refractivity contribution in [2.75, 3.05) is 36.2 Å². The van der Waals surface area contributed by atoms with Gasteiger partial charge in [-0.3, -0.25) is 10.1 Å². The number of benzene rings is 2. The van der Waals surface area contributed by atoms with E-state index in [0.717, 1.165) is 42.4 Å². The Morgan fingerprint density at radius 3 is 2.54 bits per heavy atom. The molecule has 0 saturated heterocycles. The number of nitrogens with zero attached hydrogens (tertiary/aromatic N) is 4. The van der Waals surface area contributed by atoms with E-state index in [4.69, 9.17) is 9.97 Å². The standard InChI is InChI=1S/C25H31N7O3/c1-16-14-19(32(34)35)12-13-21(16)29-25(33)26-15-17-8-10-18(11-9-17)27-24-28-22-7-5-4-6-20(22)23(30-24)31(2)3/h4-7,12-14,17-18H,8-11,15H2,1-3H3,(H2,26,29,33)(H,27,28,30)/t17-,18+. The van der Waals surface area contributed by atoms with E-state index in [9.17, 15) is 14.9 Å². The lowest BCUT2D eigenvalue weighted by Crippen LogP contribution is -2.36. The van der Waals surface area contributed by atoms with Gasteiger partial charge < -0.3 is 20.9 Å². The molecule has 4 rings (SSSR count). The molecule has 35 heavy (non-hydrogen) atoms. The minimum Gasteiger partial charge on any atom is -0.362 e. The van der Waals surface area contributed by atoms with E-state index < -0.39 is 4.92 Å². The Morgan fingerprint density at radius 2 is 1.86 bits per heavy atom. The fourth-order valence-electron chi connectivity index (χ4n) is 4.46. The number of nitrogens with one attached hydrogen (secondary N) is 3. The average molecular weight is 478 g/mol. The van der Waals surface area contributed by atoms with Crippen LogP contribution in [-0.4, -0.2) is 47.6 Å². The highest BCUT2D eigenvalue weighted by atomic mass is 16.6. The molecule has 1 fully saturated rings. The van der Waals surface area contributed by atoms with Crippen LogP contribution in [-0.2, 0) is 0 Å². The van der Waals surface area contributed by atoms with Crippen molar-refractivity contribution >= 4 is 40.1 Å². The third-order valence-electron chi connectivity index (χ3n) is 6.41. The van der Waals surface area contributed by atoms with Crippen LogP contribution in [0.5, 0.6) is 0 Å². The Balaban J connectivity index is 1.26. The molecule has 1 heterocycles. The first kappa shape index (κ1) is 24.2. The highest BCUT2D eigenvalue weighted by molar-refractivity contribution is 5.91. The van der Waals surface area contributed by atoms with Crippen LogP contribution in [0.1, 0.15) is 31.2 Å². The minimum absolute atomic E-state index is 0.00542. The van der Waals surface area contributed by atoms with Gasteiger partial charge in [0.2, 0.25) is 5.95 Å². The maximum atomic E-state index is 12.3. The molecule has 0 radical (unpaired) electrons. The van der Waals surface area contributed by atoms with Gasteiger partial charge in [0.15, 0.2) is 0 Å². The Morgan fingerprint density at radius 1 is 1.11 bits per heavy atom. The van der Waals surface area contributed by atoms with E-state index in [1.165, 1.54) is 12.1 Å². The van der Waals surface area contributed by atoms with Crippen LogP contribution in [0.25, 0.3) is 10.9 Å². The molecule has 0 spiro atoms. The van der Waals surface area contributed by atoms with Crippen molar-refractivity contribution in [3.63, 3.8) is 0 Å². The predicted octanol–water partition coefficient (Wildman–Crippen LogP) is 4.70. The molecule has 0 aliphatic heterocycles. The Labute approximate surface area is 204 Å². The minimum atomic E-state index is -0.449. The summed E-state index contributed by atoms with van der Waals surface area (Å²) in [7, 11) is 3.96. The number of aromatic nitrogens is 2. The number of non-ortho nitro benzene ring substituents is 1. The summed E-state index contributed by atoms with van der Waals surface area (Å²) >= 11 is 0. The molecule has 1 aliphatic rings. The number of aryl methyl sites for hydroxylation is 1. The van der Waals surface area contributed by atoms with Gasteiger partial charge in [-0.1, -0.05) is 12.1 Å². The zero-order valence-corrected chi connectivity index (χ0v) is 20.2. The van der Waals surface area contributed by atoms with E-state index >= 15 is 0 Å². The van der Waals surface area contributed by atoms with Gasteiger partial charge in [-0.05, 0) is 62.3 Å². The Kier molecular flexibility index (Phi) is 7.28. The summed E-state index contributed by atoms with van der Waals surface area (Å²) < 4.78 is 0. The lowest BCUT2D eigenvalue weighted by Gasteiger charge is -2.29. The topological polar surface area (TPSA) is 125 Å². The maximum Gasteiger partial charge on any atom is 0.319 e. The second-order valence-corrected chi connectivity index (χ2v) is 9.24. The first-order valence-electron chi connectivity index (χ1n) is 11.8. The van der Waals surface area contributed by atoms with Crippen molar-refractivity contribution in [2.45, 2.75) is 38.6 Å². The summed E-state index contributed by atoms with van der Waals surface area (Å²) in [6, 6.07) is 12.4. The second-order valence-electron chi connectivity index (χ2n) is 9.24. The van der Waals surface area contributed by atoms with Gasteiger partial charge in [0, 0.05) is 49.9 Å². The molecule has 2 amide bonds. The molecule has 3 aromatic rings. The number of hydrogen-bond donors (Lipinski definition) is 3. The van der Waals surface area contributed by atoms with Crippen molar-refractivity contribution in [3.05, 3.63) is 58.1 Å². The number of carbonyl (C=O) groups is 1. The normalized spacial score (nSPS) is 17.6. The number of fused-ring (bicyclic) bond motifs is 1. The van der Waals surface area contributed by atoms with E-state index in [1.807, 2.05) is 43.3 Å². The van der Waals surface area contributed by atoms with Gasteiger partial charge in [0.25, 0.3) is 5.69 Å². The molecule has 0 unspecified atom stereocenters. The van der Waals surface area contributed by atoms with Crippen LogP contribution in [0.2, 0.25) is 0 Å². The van der Waals surface area contributed by atoms with Crippen molar-refractivity contribution in [1.82, 2.24) is 15.3 Å². The Hall–Kier alpha value is -3.95. The summed E-state index contributed by atoms with van der Waals surface area (Å²) in [6.45, 7) is 2.32. The molecule has 1 aromatic heterocycles. The van der Waals surface area contributed by atoms with Crippen LogP contribution in [0, 0.1) is 23.0 Å². The van der Waals surface area contributed by atoms with Gasteiger partial charge in [-0.2, -0.15) is 4.98 Å². The first-order valence-corrected chi connectivity index (χ1v) is 11.8. The van der Waals surface area contributed by atoms with Crippen LogP contribution in [0.15, 0.2) is 42.5 Å². The van der Waals surface area contributed by atoms with E-state index in [-0.39, 0.29) is 11.7 Å². The second kappa shape index (κ2) is 10.5. The van der Waals surface area contributed by atoms with Crippen molar-refractivity contribution in [1.29, 1.82) is 0 Å². The van der Waals surface area contributed by atoms with E-state index in [0.29, 0.717) is 35.7 Å². The monoisotopic (exact) mass is 477 g/mol. The van der Waals surface area contributed by atoms with Crippen molar-refractivity contribution in [3.8, 4) is 0 Å². The van der Waals surface area contributed by atoms with Gasteiger partial charge in [0.05, 0.1) is 10.4 Å². The number of urea groups is 1. The third-order valence-corrected chi connectivity index (χ3v) is 6.41. The molecule has 2 aromatic carbocycles. The van der Waals surface area contributed by atoms with E-state index in [1.54, 1.807) is 13.0 Å². The molecule has 10 heteroatoms. The van der Waals surface area contributed by atoms with Gasteiger partial charge in [-0.15, -0.1) is 0 Å². The highest BCUT2D eigenvalue weighted by Crippen LogP contribution is 2.28. The van der Waals surface area contributed by atoms with Crippen LogP contribution in [0.4, 0.5) is 27.9 Å². The molecule has 10 nitrogen and oxygen atoms in total. The highest BCUT2D eigenvalue weighted by Gasteiger charge is 2.23. The molecule has 3 N–H and O–H groups in total. The summed E-state index contributed by atoms with van der Waals surface area (Å²) in [6.07, 6.45) is 3.93. The van der Waals surface area contributed by atoms with Gasteiger partial charge >= 0.3 is 6.03 Å². The Bertz CT molecular complexity index is 1220. The zero-order valence-electron chi connectivity index (χ0n) is 20.2. The fraction of sp³-hybridized carbons (Fsp3) is 0.400. The lowest BCUT2D eigenvalue weighted by molar-refractivity contribution is -0.384. The molecule has 1 aliphatic carbocycles. The largest absolute Gasteiger partial charge is 0.362 e. The number of carbonyl (C=O) groups excluding carboxylic acids is 1. The first-order chi connectivity index (χ1) is 16.8. The summed E-state index contributed by atoms with van der Waals surface area (Å²) in [5.41, 5.74) is 2.13. The number of amides is 2. The summed E-state index contributed by atoms with van der Waals surface area (Å²) in [5.74, 6) is 1.93. The summed E-state index contributed by atoms with van der Waals surface area (Å²) in [5, 5.41) is 21.1. The van der Waals surface area contributed by atoms with Gasteiger partial charge in [0.1, 0.15) is 5.82 Å². The summed E-state index contributed by atoms with van der Waals surface area (Å²) in [4.78, 5) is 34.2. The number of rotatable bonds is 7. The number of hydrogen-bond acceptors (Lipinski definition) is 7. The number of nitro benzene ring substituents is 1. The van der Waals surface area contributed by atoms with Crippen LogP contribution >= 0.6 is 0 Å². The quantitative estimate of drug-likeness (QED) is 0.332. The van der Waals surface area contributed by atoms with E-state index in [2.05, 4.69) is 16.0 Å². The predicted molar refractivity (Wildman–Crippen MR) is 138 cm³/mol. The molecular formula is C25H31N7O3. The molecule has 184 valence electrons. The molecule has 0 atom stereocenters. The fourth-order valence-corrected chi connectivity index (χ4v) is 4.46. The molecule has 1 saturated carbocycles. The van der Waals surface area contributed by atoms with Gasteiger partial charge in [-0.25, -0.2) is 9.78 Å². The van der Waals surface area contributed by atoms with Crippen LogP contribution < -0.4 is 20.9 Å². The molecular weight excluding hydrogens is 446 g/mol. The lowest BCUT2D eigenvalue weighted by atomic mass is 9.86. The molecule has 0 bridgehead atoms. The van der Waals surface area contributed by atoms with Crippen molar-refractivity contribution < 1.29 is 9.72 Å². The average Bonchev–Trinajstić information content (AvgIpc) is 2.84. The van der Waals surface area contributed by atoms with Crippen LogP contribution in [0.3, 0.4) is 0 Å². The van der Waals surface area contributed by atoms with Crippen molar-refractivity contribution in [2.24, 2.45) is 5.92 Å². The number of para-hydroxylation sites is 1.